The Kier molecular flexibility index (Phi) is 8.36. The summed E-state index contributed by atoms with van der Waals surface area (Å²) in [6.07, 6.45) is 14.5. The van der Waals surface area contributed by atoms with Crippen molar-refractivity contribution < 1.29 is 10.2 Å². The Morgan fingerprint density at radius 3 is 2.56 bits per heavy atom. The van der Waals surface area contributed by atoms with Gasteiger partial charge < -0.3 is 10.2 Å². The molecule has 0 aromatic carbocycles. The topological polar surface area (TPSA) is 40.5 Å². The minimum absolute atomic E-state index is 0.0750. The van der Waals surface area contributed by atoms with Gasteiger partial charge in [0.05, 0.1) is 6.10 Å². The third-order valence-corrected chi connectivity index (χ3v) is 4.23. The average molecular weight is 254 g/mol. The average Bonchev–Trinajstić information content (AvgIpc) is 2.71. The summed E-state index contributed by atoms with van der Waals surface area (Å²) in [5.74, 6) is 1.21. The van der Waals surface area contributed by atoms with Gasteiger partial charge in [0.25, 0.3) is 0 Å². The molecule has 0 aliphatic heterocycles. The van der Waals surface area contributed by atoms with Crippen LogP contribution in [0.25, 0.3) is 0 Å². The van der Waals surface area contributed by atoms with E-state index in [0.717, 1.165) is 38.0 Å². The summed E-state index contributed by atoms with van der Waals surface area (Å²) in [7, 11) is 0. The van der Waals surface area contributed by atoms with Crippen molar-refractivity contribution in [1.29, 1.82) is 0 Å². The highest BCUT2D eigenvalue weighted by molar-refractivity contribution is 4.91. The van der Waals surface area contributed by atoms with E-state index in [-0.39, 0.29) is 6.10 Å². The molecule has 1 aliphatic carbocycles. The van der Waals surface area contributed by atoms with Gasteiger partial charge in [0.2, 0.25) is 0 Å². The fraction of sp³-hybridized carbons (Fsp3) is 0.875. The first-order chi connectivity index (χ1) is 8.79. The minimum Gasteiger partial charge on any atom is -0.396 e. The fourth-order valence-electron chi connectivity index (χ4n) is 3.13. The molecular formula is C16H30O2. The Hall–Kier alpha value is -0.340. The lowest BCUT2D eigenvalue weighted by molar-refractivity contribution is 0.116. The first kappa shape index (κ1) is 15.7. The molecule has 2 nitrogen and oxygen atoms in total. The minimum atomic E-state index is -0.0750. The Balaban J connectivity index is 2.23. The molecule has 106 valence electrons. The van der Waals surface area contributed by atoms with Gasteiger partial charge in [-0.15, -0.1) is 0 Å². The number of unbranched alkanes of at least 4 members (excludes halogenated alkanes) is 3. The van der Waals surface area contributed by atoms with Crippen LogP contribution in [0.5, 0.6) is 0 Å². The van der Waals surface area contributed by atoms with Gasteiger partial charge in [-0.3, -0.25) is 0 Å². The van der Waals surface area contributed by atoms with Crippen molar-refractivity contribution in [3.05, 3.63) is 12.2 Å². The molecule has 3 atom stereocenters. The molecule has 0 radical (unpaired) electrons. The number of rotatable bonds is 9. The maximum atomic E-state index is 10.0. The zero-order valence-electron chi connectivity index (χ0n) is 11.9. The van der Waals surface area contributed by atoms with Crippen molar-refractivity contribution in [3.63, 3.8) is 0 Å². The Morgan fingerprint density at radius 1 is 1.06 bits per heavy atom. The molecule has 0 bridgehead atoms. The lowest BCUT2D eigenvalue weighted by Crippen LogP contribution is -2.18. The molecule has 1 saturated carbocycles. The molecule has 0 aromatic rings. The highest BCUT2D eigenvalue weighted by Gasteiger charge is 2.33. The normalized spacial score (nSPS) is 28.3. The van der Waals surface area contributed by atoms with Crippen LogP contribution in [0, 0.1) is 11.8 Å². The second kappa shape index (κ2) is 9.57. The number of hydrogen-bond donors (Lipinski definition) is 2. The number of allylic oxidation sites excluding steroid dienone is 2. The summed E-state index contributed by atoms with van der Waals surface area (Å²) >= 11 is 0. The molecule has 18 heavy (non-hydrogen) atoms. The molecule has 2 heteroatoms. The Morgan fingerprint density at radius 2 is 1.83 bits per heavy atom. The van der Waals surface area contributed by atoms with Gasteiger partial charge in [0.1, 0.15) is 0 Å². The van der Waals surface area contributed by atoms with Crippen LogP contribution in [0.4, 0.5) is 0 Å². The van der Waals surface area contributed by atoms with Crippen LogP contribution in [0.2, 0.25) is 0 Å². The molecule has 1 rings (SSSR count). The van der Waals surface area contributed by atoms with E-state index in [2.05, 4.69) is 19.1 Å². The molecule has 1 fully saturated rings. The van der Waals surface area contributed by atoms with Crippen molar-refractivity contribution in [2.24, 2.45) is 11.8 Å². The molecule has 0 heterocycles. The molecule has 0 amide bonds. The van der Waals surface area contributed by atoms with Gasteiger partial charge in [-0.25, -0.2) is 0 Å². The van der Waals surface area contributed by atoms with Gasteiger partial charge in [-0.1, -0.05) is 44.8 Å². The molecule has 0 saturated heterocycles. The van der Waals surface area contributed by atoms with E-state index >= 15 is 0 Å². The van der Waals surface area contributed by atoms with Crippen LogP contribution < -0.4 is 0 Å². The molecule has 0 aromatic heterocycles. The number of aliphatic hydroxyl groups is 2. The second-order valence-electron chi connectivity index (χ2n) is 5.61. The fourth-order valence-corrected chi connectivity index (χ4v) is 3.13. The van der Waals surface area contributed by atoms with Crippen LogP contribution in [-0.4, -0.2) is 22.9 Å². The standard InChI is InChI=1S/C16H30O2/c1-2-3-6-10-15-14(11-12-16(15)18)9-7-4-5-8-13-17/h3,6,14-18H,2,4-5,7-13H2,1H3/b6-3-/t14-,15-,16+/m0/s1. The lowest BCUT2D eigenvalue weighted by Gasteiger charge is -2.20. The number of aliphatic hydroxyl groups excluding tert-OH is 2. The van der Waals surface area contributed by atoms with E-state index < -0.39 is 0 Å². The quantitative estimate of drug-likeness (QED) is 0.487. The molecular weight excluding hydrogens is 224 g/mol. The zero-order chi connectivity index (χ0) is 13.2. The van der Waals surface area contributed by atoms with Gasteiger partial charge >= 0.3 is 0 Å². The van der Waals surface area contributed by atoms with E-state index in [0.29, 0.717) is 12.5 Å². The van der Waals surface area contributed by atoms with E-state index in [9.17, 15) is 5.11 Å². The molecule has 0 spiro atoms. The van der Waals surface area contributed by atoms with Gasteiger partial charge in [-0.2, -0.15) is 0 Å². The van der Waals surface area contributed by atoms with Crippen LogP contribution in [-0.2, 0) is 0 Å². The third-order valence-electron chi connectivity index (χ3n) is 4.23. The van der Waals surface area contributed by atoms with Crippen LogP contribution in [0.15, 0.2) is 12.2 Å². The van der Waals surface area contributed by atoms with E-state index in [1.807, 2.05) is 0 Å². The highest BCUT2D eigenvalue weighted by Crippen LogP contribution is 2.38. The zero-order valence-corrected chi connectivity index (χ0v) is 11.9. The summed E-state index contributed by atoms with van der Waals surface area (Å²) in [6, 6.07) is 0. The Labute approximate surface area is 112 Å². The predicted molar refractivity (Wildman–Crippen MR) is 76.4 cm³/mol. The monoisotopic (exact) mass is 254 g/mol. The highest BCUT2D eigenvalue weighted by atomic mass is 16.3. The first-order valence-corrected chi connectivity index (χ1v) is 7.73. The largest absolute Gasteiger partial charge is 0.396 e. The van der Waals surface area contributed by atoms with Crippen LogP contribution in [0.3, 0.4) is 0 Å². The summed E-state index contributed by atoms with van der Waals surface area (Å²) in [5.41, 5.74) is 0. The molecule has 0 unspecified atom stereocenters. The van der Waals surface area contributed by atoms with Crippen molar-refractivity contribution >= 4 is 0 Å². The van der Waals surface area contributed by atoms with Crippen LogP contribution >= 0.6 is 0 Å². The van der Waals surface area contributed by atoms with E-state index in [1.54, 1.807) is 0 Å². The van der Waals surface area contributed by atoms with Gasteiger partial charge in [0, 0.05) is 6.61 Å². The third kappa shape index (κ3) is 5.53. The smallest absolute Gasteiger partial charge is 0.0574 e. The van der Waals surface area contributed by atoms with Gasteiger partial charge in [-0.05, 0) is 43.9 Å². The second-order valence-corrected chi connectivity index (χ2v) is 5.61. The van der Waals surface area contributed by atoms with E-state index in [1.165, 1.54) is 25.7 Å². The van der Waals surface area contributed by atoms with Crippen molar-refractivity contribution in [2.45, 2.75) is 70.8 Å². The molecule has 1 aliphatic rings. The van der Waals surface area contributed by atoms with Crippen molar-refractivity contribution in [3.8, 4) is 0 Å². The summed E-state index contributed by atoms with van der Waals surface area (Å²) in [5, 5.41) is 18.8. The van der Waals surface area contributed by atoms with Crippen molar-refractivity contribution in [1.82, 2.24) is 0 Å². The van der Waals surface area contributed by atoms with Gasteiger partial charge in [0.15, 0.2) is 0 Å². The Bertz CT molecular complexity index is 225. The summed E-state index contributed by atoms with van der Waals surface area (Å²) < 4.78 is 0. The SMILES string of the molecule is CC/C=C\C[C@H]1[C@@H](CCCCCCO)CC[C@H]1O. The first-order valence-electron chi connectivity index (χ1n) is 7.73. The maximum absolute atomic E-state index is 10.0. The number of hydrogen-bond acceptors (Lipinski definition) is 2. The maximum Gasteiger partial charge on any atom is 0.0574 e. The van der Waals surface area contributed by atoms with Crippen molar-refractivity contribution in [2.75, 3.05) is 6.61 Å². The predicted octanol–water partition coefficient (Wildman–Crippen LogP) is 3.67. The lowest BCUT2D eigenvalue weighted by atomic mass is 9.87. The summed E-state index contributed by atoms with van der Waals surface area (Å²) in [6.45, 7) is 2.48. The molecule has 2 N–H and O–H groups in total. The van der Waals surface area contributed by atoms with E-state index in [4.69, 9.17) is 5.11 Å². The van der Waals surface area contributed by atoms with Crippen LogP contribution in [0.1, 0.15) is 64.7 Å². The summed E-state index contributed by atoms with van der Waals surface area (Å²) in [4.78, 5) is 0.